The summed E-state index contributed by atoms with van der Waals surface area (Å²) < 4.78 is 4.96. The highest BCUT2D eigenvalue weighted by atomic mass is 16.6. The molecule has 0 aliphatic rings. The molecule has 0 saturated carbocycles. The Morgan fingerprint density at radius 2 is 2.00 bits per heavy atom. The van der Waals surface area contributed by atoms with Crippen LogP contribution in [-0.2, 0) is 5.41 Å². The summed E-state index contributed by atoms with van der Waals surface area (Å²) in [5, 5.41) is 13.7. The van der Waals surface area contributed by atoms with E-state index in [1.807, 2.05) is 20.8 Å². The number of carbonyl (C=O) groups is 1. The molecule has 0 spiro atoms. The van der Waals surface area contributed by atoms with Gasteiger partial charge in [-0.25, -0.2) is 0 Å². The van der Waals surface area contributed by atoms with E-state index in [0.29, 0.717) is 0 Å². The Balaban J connectivity index is 2.35. The Hall–Kier alpha value is -2.63. The van der Waals surface area contributed by atoms with Crippen molar-refractivity contribution >= 4 is 17.3 Å². The van der Waals surface area contributed by atoms with Crippen LogP contribution in [0.15, 0.2) is 41.0 Å². The Morgan fingerprint density at radius 1 is 1.29 bits per heavy atom. The first kappa shape index (κ1) is 14.8. The van der Waals surface area contributed by atoms with E-state index in [9.17, 15) is 14.9 Å². The summed E-state index contributed by atoms with van der Waals surface area (Å²) in [4.78, 5) is 22.6. The van der Waals surface area contributed by atoms with Crippen molar-refractivity contribution in [1.82, 2.24) is 0 Å². The average Bonchev–Trinajstić information content (AvgIpc) is 2.91. The lowest BCUT2D eigenvalue weighted by atomic mass is 9.86. The Kier molecular flexibility index (Phi) is 3.80. The van der Waals surface area contributed by atoms with E-state index in [4.69, 9.17) is 4.42 Å². The maximum atomic E-state index is 11.9. The fraction of sp³-hybridized carbons (Fsp3) is 0.267. The van der Waals surface area contributed by atoms with Crippen LogP contribution in [0, 0.1) is 10.1 Å². The third-order valence-corrected chi connectivity index (χ3v) is 3.05. The maximum Gasteiger partial charge on any atom is 0.293 e. The summed E-state index contributed by atoms with van der Waals surface area (Å²) in [6.45, 7) is 5.90. The highest BCUT2D eigenvalue weighted by molar-refractivity contribution is 6.03. The minimum atomic E-state index is -0.522. The highest BCUT2D eigenvalue weighted by Gasteiger charge is 2.22. The summed E-state index contributed by atoms with van der Waals surface area (Å²) in [5.74, 6) is -0.421. The summed E-state index contributed by atoms with van der Waals surface area (Å²) in [5.41, 5.74) is 0.621. The Bertz CT molecular complexity index is 669. The van der Waals surface area contributed by atoms with Crippen molar-refractivity contribution in [2.24, 2.45) is 0 Å². The van der Waals surface area contributed by atoms with Gasteiger partial charge in [-0.05, 0) is 29.2 Å². The van der Waals surface area contributed by atoms with Crippen molar-refractivity contribution in [2.75, 3.05) is 5.32 Å². The Morgan fingerprint density at radius 3 is 2.52 bits per heavy atom. The molecule has 1 aromatic heterocycles. The molecule has 2 rings (SSSR count). The smallest absolute Gasteiger partial charge is 0.293 e. The quantitative estimate of drug-likeness (QED) is 0.688. The van der Waals surface area contributed by atoms with Gasteiger partial charge in [0, 0.05) is 6.07 Å². The van der Waals surface area contributed by atoms with Crippen LogP contribution in [0.25, 0.3) is 0 Å². The van der Waals surface area contributed by atoms with Crippen LogP contribution in [0.1, 0.15) is 36.9 Å². The second-order valence-electron chi connectivity index (χ2n) is 5.67. The number of nitro benzene ring substituents is 1. The zero-order chi connectivity index (χ0) is 15.6. The predicted molar refractivity (Wildman–Crippen MR) is 78.5 cm³/mol. The molecule has 0 bridgehead atoms. The van der Waals surface area contributed by atoms with Crippen LogP contribution in [-0.4, -0.2) is 10.8 Å². The fourth-order valence-corrected chi connectivity index (χ4v) is 1.85. The number of hydrogen-bond acceptors (Lipinski definition) is 4. The molecule has 6 heteroatoms. The number of rotatable bonds is 3. The molecule has 0 aliphatic carbocycles. The van der Waals surface area contributed by atoms with Gasteiger partial charge in [0.05, 0.1) is 11.2 Å². The zero-order valence-electron chi connectivity index (χ0n) is 12.0. The van der Waals surface area contributed by atoms with E-state index >= 15 is 0 Å². The molecule has 110 valence electrons. The van der Waals surface area contributed by atoms with Crippen molar-refractivity contribution in [2.45, 2.75) is 26.2 Å². The SMILES string of the molecule is CC(C)(C)c1ccc(NC(=O)c2ccco2)c([N+](=O)[O-])c1. The molecular formula is C15H16N2O4. The monoisotopic (exact) mass is 288 g/mol. The summed E-state index contributed by atoms with van der Waals surface area (Å²) >= 11 is 0. The average molecular weight is 288 g/mol. The lowest BCUT2D eigenvalue weighted by molar-refractivity contribution is -0.384. The molecule has 0 atom stereocenters. The first-order chi connectivity index (χ1) is 9.79. The number of carbonyl (C=O) groups excluding carboxylic acids is 1. The predicted octanol–water partition coefficient (Wildman–Crippen LogP) is 3.74. The number of anilines is 1. The van der Waals surface area contributed by atoms with Gasteiger partial charge in [-0.2, -0.15) is 0 Å². The van der Waals surface area contributed by atoms with Crippen LogP contribution < -0.4 is 5.32 Å². The van der Waals surface area contributed by atoms with Gasteiger partial charge >= 0.3 is 0 Å². The van der Waals surface area contributed by atoms with Crippen LogP contribution in [0.2, 0.25) is 0 Å². The van der Waals surface area contributed by atoms with Gasteiger partial charge in [-0.3, -0.25) is 14.9 Å². The topological polar surface area (TPSA) is 85.4 Å². The molecule has 2 aromatic rings. The molecule has 1 amide bonds. The number of amides is 1. The van der Waals surface area contributed by atoms with Crippen LogP contribution in [0.5, 0.6) is 0 Å². The molecule has 1 aromatic carbocycles. The highest BCUT2D eigenvalue weighted by Crippen LogP contribution is 2.31. The van der Waals surface area contributed by atoms with Gasteiger partial charge in [0.25, 0.3) is 11.6 Å². The van der Waals surface area contributed by atoms with Gasteiger partial charge in [0.1, 0.15) is 5.69 Å². The zero-order valence-corrected chi connectivity index (χ0v) is 12.0. The first-order valence-corrected chi connectivity index (χ1v) is 6.43. The molecule has 0 radical (unpaired) electrons. The molecule has 0 aliphatic heterocycles. The van der Waals surface area contributed by atoms with Gasteiger partial charge < -0.3 is 9.73 Å². The molecule has 1 N–H and O–H groups in total. The van der Waals surface area contributed by atoms with Gasteiger partial charge in [0.2, 0.25) is 0 Å². The largest absolute Gasteiger partial charge is 0.459 e. The van der Waals surface area contributed by atoms with E-state index in [0.717, 1.165) is 5.56 Å². The lowest BCUT2D eigenvalue weighted by Crippen LogP contribution is -2.15. The third kappa shape index (κ3) is 3.28. The van der Waals surface area contributed by atoms with Gasteiger partial charge in [-0.15, -0.1) is 0 Å². The minimum absolute atomic E-state index is 0.101. The van der Waals surface area contributed by atoms with Crippen molar-refractivity contribution in [1.29, 1.82) is 0 Å². The van der Waals surface area contributed by atoms with E-state index < -0.39 is 10.8 Å². The normalized spacial score (nSPS) is 11.2. The number of nitrogens with one attached hydrogen (secondary N) is 1. The van der Waals surface area contributed by atoms with Crippen LogP contribution in [0.3, 0.4) is 0 Å². The number of furan rings is 1. The van der Waals surface area contributed by atoms with Crippen LogP contribution >= 0.6 is 0 Å². The molecule has 0 saturated heterocycles. The second-order valence-corrected chi connectivity index (χ2v) is 5.67. The second kappa shape index (κ2) is 5.40. The lowest BCUT2D eigenvalue weighted by Gasteiger charge is -2.19. The molecule has 0 unspecified atom stereocenters. The molecule has 0 fully saturated rings. The number of nitrogens with zero attached hydrogens (tertiary/aromatic N) is 1. The van der Waals surface area contributed by atoms with Gasteiger partial charge in [-0.1, -0.05) is 26.8 Å². The van der Waals surface area contributed by atoms with Crippen molar-refractivity contribution < 1.29 is 14.1 Å². The standard InChI is InChI=1S/C15H16N2O4/c1-15(2,3)10-6-7-11(12(9-10)17(19)20)16-14(18)13-5-4-8-21-13/h4-9H,1-3H3,(H,16,18). The van der Waals surface area contributed by atoms with E-state index in [-0.39, 0.29) is 22.6 Å². The molecular weight excluding hydrogens is 272 g/mol. The Labute approximate surface area is 121 Å². The van der Waals surface area contributed by atoms with E-state index in [2.05, 4.69) is 5.32 Å². The third-order valence-electron chi connectivity index (χ3n) is 3.05. The van der Waals surface area contributed by atoms with Crippen LogP contribution in [0.4, 0.5) is 11.4 Å². The number of hydrogen-bond donors (Lipinski definition) is 1. The van der Waals surface area contributed by atoms with Crippen molar-refractivity contribution in [3.05, 3.63) is 58.0 Å². The molecule has 1 heterocycles. The summed E-state index contributed by atoms with van der Waals surface area (Å²) in [6.07, 6.45) is 1.37. The van der Waals surface area contributed by atoms with E-state index in [1.165, 1.54) is 18.4 Å². The van der Waals surface area contributed by atoms with Crippen molar-refractivity contribution in [3.8, 4) is 0 Å². The first-order valence-electron chi connectivity index (χ1n) is 6.43. The molecule has 6 nitrogen and oxygen atoms in total. The summed E-state index contributed by atoms with van der Waals surface area (Å²) in [6, 6.07) is 7.86. The molecule has 21 heavy (non-hydrogen) atoms. The maximum absolute atomic E-state index is 11.9. The number of benzene rings is 1. The van der Waals surface area contributed by atoms with Gasteiger partial charge in [0.15, 0.2) is 5.76 Å². The van der Waals surface area contributed by atoms with E-state index in [1.54, 1.807) is 18.2 Å². The number of nitro groups is 1. The van der Waals surface area contributed by atoms with Crippen molar-refractivity contribution in [3.63, 3.8) is 0 Å². The fourth-order valence-electron chi connectivity index (χ4n) is 1.85. The minimum Gasteiger partial charge on any atom is -0.459 e. The summed E-state index contributed by atoms with van der Waals surface area (Å²) in [7, 11) is 0.